The second-order valence-electron chi connectivity index (χ2n) is 5.37. The third-order valence-electron chi connectivity index (χ3n) is 3.53. The smallest absolute Gasteiger partial charge is 0.338 e. The zero-order valence-corrected chi connectivity index (χ0v) is 15.1. The zero-order chi connectivity index (χ0) is 20.2. The van der Waals surface area contributed by atoms with E-state index in [2.05, 4.69) is 4.72 Å². The van der Waals surface area contributed by atoms with Crippen molar-refractivity contribution in [3.8, 4) is 0 Å². The fourth-order valence-electron chi connectivity index (χ4n) is 2.01. The molecule has 1 atom stereocenters. The van der Waals surface area contributed by atoms with E-state index in [1.54, 1.807) is 0 Å². The molecule has 0 aromatic heterocycles. The minimum absolute atomic E-state index is 0.00164. The molecule has 2 N–H and O–H groups in total. The number of hydrogen-bond acceptors (Lipinski definition) is 5. The van der Waals surface area contributed by atoms with Crippen molar-refractivity contribution in [1.29, 1.82) is 0 Å². The van der Waals surface area contributed by atoms with Crippen LogP contribution in [-0.4, -0.2) is 33.4 Å². The Labute approximate surface area is 154 Å². The number of halogens is 2. The van der Waals surface area contributed by atoms with Gasteiger partial charge in [-0.25, -0.2) is 26.7 Å². The molecule has 2 aromatic carbocycles. The van der Waals surface area contributed by atoms with Crippen molar-refractivity contribution < 1.29 is 31.5 Å². The Bertz CT molecular complexity index is 942. The van der Waals surface area contributed by atoms with Crippen LogP contribution in [0.25, 0.3) is 0 Å². The van der Waals surface area contributed by atoms with Crippen molar-refractivity contribution >= 4 is 27.6 Å². The minimum atomic E-state index is -3.66. The number of para-hydroxylation sites is 1. The lowest BCUT2D eigenvalue weighted by Gasteiger charge is -2.14. The Morgan fingerprint density at radius 3 is 2.11 bits per heavy atom. The van der Waals surface area contributed by atoms with Crippen LogP contribution < -0.4 is 10.0 Å². The summed E-state index contributed by atoms with van der Waals surface area (Å²) in [6, 6.07) is 7.90. The summed E-state index contributed by atoms with van der Waals surface area (Å²) in [5.74, 6) is -3.77. The van der Waals surface area contributed by atoms with E-state index in [1.165, 1.54) is 38.2 Å². The molecule has 0 heterocycles. The van der Waals surface area contributed by atoms with Gasteiger partial charge in [-0.05, 0) is 50.4 Å². The normalized spacial score (nSPS) is 12.3. The largest absolute Gasteiger partial charge is 0.449 e. The molecule has 0 fully saturated rings. The maximum absolute atomic E-state index is 13.5. The molecule has 2 rings (SSSR count). The first-order chi connectivity index (χ1) is 12.7. The van der Waals surface area contributed by atoms with E-state index in [-0.39, 0.29) is 10.5 Å². The molecule has 0 aliphatic carbocycles. The van der Waals surface area contributed by atoms with E-state index in [0.29, 0.717) is 0 Å². The number of rotatable bonds is 6. The number of ether oxygens (including phenoxy) is 1. The highest BCUT2D eigenvalue weighted by Gasteiger charge is 2.22. The number of anilines is 1. The van der Waals surface area contributed by atoms with Crippen LogP contribution in [0.2, 0.25) is 0 Å². The Morgan fingerprint density at radius 1 is 1.04 bits per heavy atom. The van der Waals surface area contributed by atoms with Crippen molar-refractivity contribution in [1.82, 2.24) is 4.72 Å². The minimum Gasteiger partial charge on any atom is -0.449 e. The van der Waals surface area contributed by atoms with Crippen LogP contribution in [0.15, 0.2) is 47.4 Å². The fraction of sp³-hybridized carbons (Fsp3) is 0.176. The lowest BCUT2D eigenvalue weighted by atomic mass is 10.2. The molecule has 0 aliphatic heterocycles. The predicted molar refractivity (Wildman–Crippen MR) is 92.6 cm³/mol. The molecule has 0 saturated heterocycles. The van der Waals surface area contributed by atoms with Crippen molar-refractivity contribution in [2.24, 2.45) is 0 Å². The Hall–Kier alpha value is -2.85. The van der Waals surface area contributed by atoms with Gasteiger partial charge in [-0.3, -0.25) is 4.79 Å². The number of carbonyl (C=O) groups is 2. The van der Waals surface area contributed by atoms with E-state index >= 15 is 0 Å². The molecular weight excluding hydrogens is 382 g/mol. The fourth-order valence-corrected chi connectivity index (χ4v) is 2.74. The summed E-state index contributed by atoms with van der Waals surface area (Å²) >= 11 is 0. The SMILES string of the molecule is CNS(=O)(=O)c1ccc(C(=O)OC(C)C(=O)Nc2c(F)cccc2F)cc1. The number of benzene rings is 2. The van der Waals surface area contributed by atoms with E-state index in [4.69, 9.17) is 4.74 Å². The molecule has 10 heteroatoms. The maximum atomic E-state index is 13.5. The van der Waals surface area contributed by atoms with E-state index < -0.39 is 45.3 Å². The number of esters is 1. The van der Waals surface area contributed by atoms with Crippen LogP contribution in [0.3, 0.4) is 0 Å². The van der Waals surface area contributed by atoms with Gasteiger partial charge in [0.2, 0.25) is 10.0 Å². The number of carbonyl (C=O) groups excluding carboxylic acids is 2. The predicted octanol–water partition coefficient (Wildman–Crippen LogP) is 2.06. The molecule has 1 amide bonds. The van der Waals surface area contributed by atoms with Gasteiger partial charge in [0.25, 0.3) is 5.91 Å². The van der Waals surface area contributed by atoms with Crippen LogP contribution in [0.4, 0.5) is 14.5 Å². The molecule has 0 bridgehead atoms. The van der Waals surface area contributed by atoms with Crippen molar-refractivity contribution in [2.45, 2.75) is 17.9 Å². The van der Waals surface area contributed by atoms with Crippen LogP contribution in [-0.2, 0) is 19.6 Å². The molecule has 144 valence electrons. The third kappa shape index (κ3) is 4.86. The molecule has 0 aliphatic rings. The number of hydrogen-bond donors (Lipinski definition) is 2. The average molecular weight is 398 g/mol. The quantitative estimate of drug-likeness (QED) is 0.726. The standard InChI is InChI=1S/C17H16F2N2O5S/c1-10(16(22)21-15-13(18)4-3-5-14(15)19)26-17(23)11-6-8-12(9-7-11)27(24,25)20-2/h3-10,20H,1-2H3,(H,21,22). The first-order valence-corrected chi connectivity index (χ1v) is 9.13. The summed E-state index contributed by atoms with van der Waals surface area (Å²) in [5, 5.41) is 2.02. The summed E-state index contributed by atoms with van der Waals surface area (Å²) in [4.78, 5) is 24.0. The zero-order valence-electron chi connectivity index (χ0n) is 14.3. The highest BCUT2D eigenvalue weighted by atomic mass is 32.2. The van der Waals surface area contributed by atoms with Crippen LogP contribution >= 0.6 is 0 Å². The highest BCUT2D eigenvalue weighted by molar-refractivity contribution is 7.89. The van der Waals surface area contributed by atoms with Crippen molar-refractivity contribution in [2.75, 3.05) is 12.4 Å². The average Bonchev–Trinajstić information content (AvgIpc) is 2.64. The van der Waals surface area contributed by atoms with Crippen LogP contribution in [0, 0.1) is 11.6 Å². The summed E-state index contributed by atoms with van der Waals surface area (Å²) in [6.07, 6.45) is -1.35. The number of sulfonamides is 1. The molecule has 7 nitrogen and oxygen atoms in total. The molecular formula is C17H16F2N2O5S. The third-order valence-corrected chi connectivity index (χ3v) is 4.96. The summed E-state index contributed by atoms with van der Waals surface area (Å²) in [7, 11) is -2.41. The van der Waals surface area contributed by atoms with Gasteiger partial charge in [0.1, 0.15) is 17.3 Å². The Morgan fingerprint density at radius 2 is 1.59 bits per heavy atom. The first-order valence-electron chi connectivity index (χ1n) is 7.65. The molecule has 1 unspecified atom stereocenters. The highest BCUT2D eigenvalue weighted by Crippen LogP contribution is 2.19. The second kappa shape index (κ2) is 8.23. The van der Waals surface area contributed by atoms with E-state index in [1.807, 2.05) is 5.32 Å². The Balaban J connectivity index is 2.05. The molecule has 0 spiro atoms. The number of amides is 1. The summed E-state index contributed by atoms with van der Waals surface area (Å²) < 4.78 is 57.4. The lowest BCUT2D eigenvalue weighted by Crippen LogP contribution is -2.30. The number of nitrogens with one attached hydrogen (secondary N) is 2. The van der Waals surface area contributed by atoms with Crippen molar-refractivity contribution in [3.05, 3.63) is 59.7 Å². The van der Waals surface area contributed by atoms with Gasteiger partial charge in [-0.1, -0.05) is 6.07 Å². The lowest BCUT2D eigenvalue weighted by molar-refractivity contribution is -0.123. The first kappa shape index (κ1) is 20.5. The van der Waals surface area contributed by atoms with Gasteiger partial charge in [0.05, 0.1) is 10.5 Å². The topological polar surface area (TPSA) is 102 Å². The molecule has 0 radical (unpaired) electrons. The van der Waals surface area contributed by atoms with Gasteiger partial charge in [-0.15, -0.1) is 0 Å². The van der Waals surface area contributed by atoms with Crippen LogP contribution in [0.5, 0.6) is 0 Å². The molecule has 2 aromatic rings. The Kier molecular flexibility index (Phi) is 6.24. The second-order valence-corrected chi connectivity index (χ2v) is 7.25. The monoisotopic (exact) mass is 398 g/mol. The van der Waals surface area contributed by atoms with Gasteiger partial charge < -0.3 is 10.1 Å². The van der Waals surface area contributed by atoms with Gasteiger partial charge in [0, 0.05) is 0 Å². The van der Waals surface area contributed by atoms with E-state index in [9.17, 15) is 26.8 Å². The van der Waals surface area contributed by atoms with Gasteiger partial charge in [-0.2, -0.15) is 0 Å². The van der Waals surface area contributed by atoms with Gasteiger partial charge >= 0.3 is 5.97 Å². The van der Waals surface area contributed by atoms with Crippen molar-refractivity contribution in [3.63, 3.8) is 0 Å². The van der Waals surface area contributed by atoms with Crippen LogP contribution in [0.1, 0.15) is 17.3 Å². The van der Waals surface area contributed by atoms with Gasteiger partial charge in [0.15, 0.2) is 6.10 Å². The summed E-state index contributed by atoms with van der Waals surface area (Å²) in [6.45, 7) is 1.23. The molecule has 0 saturated carbocycles. The molecule has 27 heavy (non-hydrogen) atoms. The maximum Gasteiger partial charge on any atom is 0.338 e. The van der Waals surface area contributed by atoms with E-state index in [0.717, 1.165) is 18.2 Å². The summed E-state index contributed by atoms with van der Waals surface area (Å²) in [5.41, 5.74) is -0.645.